The Morgan fingerprint density at radius 1 is 1.25 bits per heavy atom. The van der Waals surface area contributed by atoms with E-state index in [-0.39, 0.29) is 0 Å². The molecule has 0 aromatic heterocycles. The molecule has 0 unspecified atom stereocenters. The summed E-state index contributed by atoms with van der Waals surface area (Å²) >= 11 is 0. The summed E-state index contributed by atoms with van der Waals surface area (Å²) in [5.74, 6) is 0. The van der Waals surface area contributed by atoms with Crippen LogP contribution in [-0.2, 0) is 6.42 Å². The number of hydrogen-bond acceptors (Lipinski definition) is 0. The summed E-state index contributed by atoms with van der Waals surface area (Å²) in [5.41, 5.74) is 4.17. The van der Waals surface area contributed by atoms with E-state index in [9.17, 15) is 0 Å². The van der Waals surface area contributed by atoms with Crippen molar-refractivity contribution >= 4 is 0 Å². The van der Waals surface area contributed by atoms with E-state index in [2.05, 4.69) is 51.1 Å². The fourth-order valence-electron chi connectivity index (χ4n) is 1.32. The van der Waals surface area contributed by atoms with E-state index in [1.165, 1.54) is 16.7 Å². The topological polar surface area (TPSA) is 0 Å². The first kappa shape index (κ1) is 9.05. The molecule has 0 amide bonds. The highest BCUT2D eigenvalue weighted by atomic mass is 14.0. The van der Waals surface area contributed by atoms with Crippen molar-refractivity contribution in [1.82, 2.24) is 0 Å². The van der Waals surface area contributed by atoms with E-state index in [0.717, 1.165) is 6.42 Å². The maximum Gasteiger partial charge on any atom is -0.00949 e. The Bertz CT molecular complexity index is 282. The van der Waals surface area contributed by atoms with Gasteiger partial charge in [-0.1, -0.05) is 35.9 Å². The second-order valence-electron chi connectivity index (χ2n) is 3.20. The van der Waals surface area contributed by atoms with Crippen molar-refractivity contribution in [3.8, 4) is 0 Å². The maximum absolute atomic E-state index is 2.23. The van der Waals surface area contributed by atoms with Gasteiger partial charge in [0.15, 0.2) is 0 Å². The third-order valence-corrected chi connectivity index (χ3v) is 2.07. The van der Waals surface area contributed by atoms with E-state index in [1.807, 2.05) is 0 Å². The Morgan fingerprint density at radius 2 is 2.00 bits per heavy atom. The van der Waals surface area contributed by atoms with E-state index >= 15 is 0 Å². The number of allylic oxidation sites excluding steroid dienone is 2. The van der Waals surface area contributed by atoms with Gasteiger partial charge in [0, 0.05) is 0 Å². The first-order chi connectivity index (χ1) is 5.74. The molecule has 64 valence electrons. The van der Waals surface area contributed by atoms with Crippen molar-refractivity contribution in [1.29, 1.82) is 0 Å². The van der Waals surface area contributed by atoms with Gasteiger partial charge in [-0.3, -0.25) is 0 Å². The number of rotatable bonds is 2. The van der Waals surface area contributed by atoms with Crippen LogP contribution >= 0.6 is 0 Å². The van der Waals surface area contributed by atoms with Gasteiger partial charge in [0.2, 0.25) is 0 Å². The van der Waals surface area contributed by atoms with Crippen LogP contribution in [0.1, 0.15) is 23.6 Å². The molecule has 1 rings (SSSR count). The lowest BCUT2D eigenvalue weighted by Gasteiger charge is -2.03. The Hall–Kier alpha value is -1.04. The van der Waals surface area contributed by atoms with Crippen LogP contribution < -0.4 is 0 Å². The summed E-state index contributed by atoms with van der Waals surface area (Å²) in [6, 6.07) is 6.62. The number of benzene rings is 1. The molecule has 0 saturated heterocycles. The van der Waals surface area contributed by atoms with Gasteiger partial charge in [-0.15, -0.1) is 0 Å². The van der Waals surface area contributed by atoms with Crippen LogP contribution in [-0.4, -0.2) is 0 Å². The van der Waals surface area contributed by atoms with E-state index < -0.39 is 0 Å². The molecule has 0 N–H and O–H groups in total. The summed E-state index contributed by atoms with van der Waals surface area (Å²) < 4.78 is 0. The lowest BCUT2D eigenvalue weighted by molar-refractivity contribution is 1.19. The van der Waals surface area contributed by atoms with Gasteiger partial charge >= 0.3 is 0 Å². The molecule has 1 aromatic rings. The molecule has 0 saturated carbocycles. The number of hydrogen-bond donors (Lipinski definition) is 0. The largest absolute Gasteiger partial charge is 0.0913 e. The quantitative estimate of drug-likeness (QED) is 0.581. The molecule has 0 fully saturated rings. The Labute approximate surface area is 74.9 Å². The Balaban J connectivity index is 2.86. The minimum atomic E-state index is 1.06. The second kappa shape index (κ2) is 4.10. The lowest BCUT2D eigenvalue weighted by Crippen LogP contribution is -1.87. The Morgan fingerprint density at radius 3 is 2.58 bits per heavy atom. The van der Waals surface area contributed by atoms with Crippen molar-refractivity contribution in [3.05, 3.63) is 47.0 Å². The normalized spacial score (nSPS) is 10.9. The van der Waals surface area contributed by atoms with E-state index in [1.54, 1.807) is 0 Å². The third-order valence-electron chi connectivity index (χ3n) is 2.07. The highest BCUT2D eigenvalue weighted by molar-refractivity contribution is 5.31. The highest BCUT2D eigenvalue weighted by Gasteiger charge is 1.94. The molecule has 0 bridgehead atoms. The molecular weight excluding hydrogens is 144 g/mol. The average molecular weight is 160 g/mol. The van der Waals surface area contributed by atoms with E-state index in [4.69, 9.17) is 0 Å². The predicted molar refractivity (Wildman–Crippen MR) is 54.4 cm³/mol. The van der Waals surface area contributed by atoms with Gasteiger partial charge in [-0.05, 0) is 38.3 Å². The Kier molecular flexibility index (Phi) is 3.09. The molecule has 0 aliphatic heterocycles. The molecule has 0 nitrogen and oxygen atoms in total. The fourth-order valence-corrected chi connectivity index (χ4v) is 1.32. The van der Waals surface area contributed by atoms with Crippen LogP contribution in [0.2, 0.25) is 0 Å². The molecule has 0 aliphatic carbocycles. The first-order valence-corrected chi connectivity index (χ1v) is 4.41. The summed E-state index contributed by atoms with van der Waals surface area (Å²) in [7, 11) is 0. The van der Waals surface area contributed by atoms with Crippen molar-refractivity contribution in [2.24, 2.45) is 0 Å². The van der Waals surface area contributed by atoms with Crippen LogP contribution in [0, 0.1) is 13.8 Å². The standard InChI is InChI=1S/C12H16/c1-4-5-6-12-8-7-10(2)9-11(12)3/h4-5,7-9H,6H2,1-3H3/b5-4-. The molecule has 0 heteroatoms. The molecule has 0 atom stereocenters. The zero-order valence-electron chi connectivity index (χ0n) is 8.09. The average Bonchev–Trinajstić information content (AvgIpc) is 2.03. The molecule has 0 spiro atoms. The van der Waals surface area contributed by atoms with Crippen LogP contribution in [0.25, 0.3) is 0 Å². The summed E-state index contributed by atoms with van der Waals surface area (Å²) in [5, 5.41) is 0. The second-order valence-corrected chi connectivity index (χ2v) is 3.20. The summed E-state index contributed by atoms with van der Waals surface area (Å²) in [4.78, 5) is 0. The monoisotopic (exact) mass is 160 g/mol. The SMILES string of the molecule is C/C=C\Cc1ccc(C)cc1C. The molecule has 12 heavy (non-hydrogen) atoms. The van der Waals surface area contributed by atoms with Gasteiger partial charge in [-0.25, -0.2) is 0 Å². The smallest absolute Gasteiger partial charge is 0.00949 e. The van der Waals surface area contributed by atoms with Gasteiger partial charge in [0.05, 0.1) is 0 Å². The van der Waals surface area contributed by atoms with Gasteiger partial charge in [-0.2, -0.15) is 0 Å². The molecular formula is C12H16. The summed E-state index contributed by atoms with van der Waals surface area (Å²) in [6.45, 7) is 6.36. The third kappa shape index (κ3) is 2.23. The van der Waals surface area contributed by atoms with Crippen molar-refractivity contribution in [2.75, 3.05) is 0 Å². The molecule has 0 aliphatic rings. The maximum atomic E-state index is 2.23. The van der Waals surface area contributed by atoms with Gasteiger partial charge < -0.3 is 0 Å². The highest BCUT2D eigenvalue weighted by Crippen LogP contribution is 2.11. The van der Waals surface area contributed by atoms with Gasteiger partial charge in [0.25, 0.3) is 0 Å². The fraction of sp³-hybridized carbons (Fsp3) is 0.333. The lowest BCUT2D eigenvalue weighted by atomic mass is 10.0. The van der Waals surface area contributed by atoms with Crippen LogP contribution in [0.5, 0.6) is 0 Å². The van der Waals surface area contributed by atoms with E-state index in [0.29, 0.717) is 0 Å². The van der Waals surface area contributed by atoms with Crippen molar-refractivity contribution in [3.63, 3.8) is 0 Å². The van der Waals surface area contributed by atoms with Crippen LogP contribution in [0.15, 0.2) is 30.4 Å². The zero-order chi connectivity index (χ0) is 8.97. The summed E-state index contributed by atoms with van der Waals surface area (Å²) in [6.07, 6.45) is 5.35. The van der Waals surface area contributed by atoms with Crippen molar-refractivity contribution in [2.45, 2.75) is 27.2 Å². The zero-order valence-corrected chi connectivity index (χ0v) is 8.09. The molecule has 1 aromatic carbocycles. The first-order valence-electron chi connectivity index (χ1n) is 4.41. The van der Waals surface area contributed by atoms with Crippen molar-refractivity contribution < 1.29 is 0 Å². The van der Waals surface area contributed by atoms with Crippen LogP contribution in [0.3, 0.4) is 0 Å². The van der Waals surface area contributed by atoms with Gasteiger partial charge in [0.1, 0.15) is 0 Å². The van der Waals surface area contributed by atoms with Crippen LogP contribution in [0.4, 0.5) is 0 Å². The predicted octanol–water partition coefficient (Wildman–Crippen LogP) is 3.42. The molecule has 0 heterocycles. The minimum absolute atomic E-state index is 1.06. The molecule has 0 radical (unpaired) electrons. The minimum Gasteiger partial charge on any atom is -0.0913 e. The number of aryl methyl sites for hydroxylation is 2.